The van der Waals surface area contributed by atoms with Crippen LogP contribution < -0.4 is 11.1 Å². The molecule has 206 valence electrons. The second-order valence-corrected chi connectivity index (χ2v) is 10.2. The normalized spacial score (nSPS) is 13.4. The van der Waals surface area contributed by atoms with Crippen LogP contribution in [0.1, 0.15) is 66.4 Å². The van der Waals surface area contributed by atoms with E-state index in [1.807, 2.05) is 65.8 Å². The molecule has 37 heavy (non-hydrogen) atoms. The van der Waals surface area contributed by atoms with Gasteiger partial charge in [0.1, 0.15) is 5.60 Å². The second-order valence-electron chi connectivity index (χ2n) is 10.2. The molecule has 8 heteroatoms. The predicted molar refractivity (Wildman–Crippen MR) is 147 cm³/mol. The summed E-state index contributed by atoms with van der Waals surface area (Å²) in [4.78, 5) is 27.3. The van der Waals surface area contributed by atoms with Crippen LogP contribution in [0.5, 0.6) is 0 Å². The fraction of sp³-hybridized carbons (Fsp3) is 0.586. The van der Waals surface area contributed by atoms with Gasteiger partial charge in [-0.15, -0.1) is 0 Å². The summed E-state index contributed by atoms with van der Waals surface area (Å²) < 4.78 is 16.9. The van der Waals surface area contributed by atoms with Crippen molar-refractivity contribution < 1.29 is 23.8 Å². The van der Waals surface area contributed by atoms with Crippen LogP contribution in [0.4, 0.5) is 4.79 Å². The highest BCUT2D eigenvalue weighted by atomic mass is 16.7. The van der Waals surface area contributed by atoms with Crippen molar-refractivity contribution in [3.05, 3.63) is 48.0 Å². The predicted octanol–water partition coefficient (Wildman–Crippen LogP) is 4.98. The summed E-state index contributed by atoms with van der Waals surface area (Å²) in [7, 11) is 0. The summed E-state index contributed by atoms with van der Waals surface area (Å²) in [5.74, 6) is -0.148. The molecule has 0 radical (unpaired) electrons. The topological polar surface area (TPSA) is 103 Å². The zero-order valence-corrected chi connectivity index (χ0v) is 23.3. The first kappa shape index (κ1) is 30.5. The molecule has 2 aromatic rings. The Morgan fingerprint density at radius 3 is 2.30 bits per heavy atom. The highest BCUT2D eigenvalue weighted by Crippen LogP contribution is 2.23. The van der Waals surface area contributed by atoms with E-state index in [0.29, 0.717) is 45.6 Å². The second kappa shape index (κ2) is 14.9. The van der Waals surface area contributed by atoms with E-state index >= 15 is 0 Å². The summed E-state index contributed by atoms with van der Waals surface area (Å²) in [6.07, 6.45) is 0.890. The molecule has 0 aliphatic heterocycles. The van der Waals surface area contributed by atoms with Gasteiger partial charge in [0.15, 0.2) is 6.29 Å². The number of carbonyl (C=O) groups excluding carboxylic acids is 2. The van der Waals surface area contributed by atoms with E-state index in [1.165, 1.54) is 0 Å². The van der Waals surface area contributed by atoms with Gasteiger partial charge in [-0.3, -0.25) is 4.79 Å². The molecule has 0 fully saturated rings. The molecule has 0 spiro atoms. The van der Waals surface area contributed by atoms with Gasteiger partial charge in [-0.05, 0) is 77.1 Å². The van der Waals surface area contributed by atoms with Crippen molar-refractivity contribution in [3.8, 4) is 0 Å². The average Bonchev–Trinajstić information content (AvgIpc) is 2.85. The van der Waals surface area contributed by atoms with E-state index in [4.69, 9.17) is 19.9 Å². The van der Waals surface area contributed by atoms with Gasteiger partial charge in [0.2, 0.25) is 5.91 Å². The van der Waals surface area contributed by atoms with Crippen molar-refractivity contribution in [2.24, 2.45) is 5.73 Å². The smallest absolute Gasteiger partial charge is 0.407 e. The van der Waals surface area contributed by atoms with Gasteiger partial charge in [-0.2, -0.15) is 0 Å². The summed E-state index contributed by atoms with van der Waals surface area (Å²) in [5.41, 5.74) is 6.91. The maximum Gasteiger partial charge on any atom is 0.407 e. The number of ether oxygens (including phenoxy) is 3. The minimum Gasteiger partial charge on any atom is -0.444 e. The van der Waals surface area contributed by atoms with Gasteiger partial charge in [0.25, 0.3) is 0 Å². The summed E-state index contributed by atoms with van der Waals surface area (Å²) in [6, 6.07) is 13.2. The molecule has 0 saturated heterocycles. The Bertz CT molecular complexity index is 980. The van der Waals surface area contributed by atoms with Crippen LogP contribution in [0.3, 0.4) is 0 Å². The van der Waals surface area contributed by atoms with Crippen molar-refractivity contribution >= 4 is 22.8 Å². The van der Waals surface area contributed by atoms with E-state index in [0.717, 1.165) is 16.3 Å². The molecule has 0 aliphatic rings. The Labute approximate surface area is 221 Å². The first-order valence-corrected chi connectivity index (χ1v) is 13.3. The van der Waals surface area contributed by atoms with Crippen LogP contribution in [0.2, 0.25) is 0 Å². The maximum atomic E-state index is 13.7. The molecule has 3 N–H and O–H groups in total. The number of alkyl carbamates (subject to hydrolysis) is 1. The molecule has 0 aromatic heterocycles. The van der Waals surface area contributed by atoms with Crippen LogP contribution in [0, 0.1) is 0 Å². The van der Waals surface area contributed by atoms with E-state index < -0.39 is 24.0 Å². The first-order valence-electron chi connectivity index (χ1n) is 13.3. The van der Waals surface area contributed by atoms with E-state index in [2.05, 4.69) is 23.5 Å². The Kier molecular flexibility index (Phi) is 12.3. The monoisotopic (exact) mass is 515 g/mol. The quantitative estimate of drug-likeness (QED) is 0.272. The molecule has 0 unspecified atom stereocenters. The third-order valence-electron chi connectivity index (χ3n) is 5.98. The third kappa shape index (κ3) is 9.95. The molecule has 8 nitrogen and oxygen atoms in total. The maximum absolute atomic E-state index is 13.7. The lowest BCUT2D eigenvalue weighted by molar-refractivity contribution is -0.179. The zero-order valence-electron chi connectivity index (χ0n) is 23.3. The largest absolute Gasteiger partial charge is 0.444 e. The molecular formula is C29H45N3O5. The highest BCUT2D eigenvalue weighted by molar-refractivity contribution is 5.87. The minimum absolute atomic E-state index is 0.148. The lowest BCUT2D eigenvalue weighted by Crippen LogP contribution is -2.52. The number of unbranched alkanes of at least 4 members (excludes halogenated alkanes) is 1. The van der Waals surface area contributed by atoms with Crippen molar-refractivity contribution in [2.45, 2.75) is 91.3 Å². The number of rotatable bonds is 14. The van der Waals surface area contributed by atoms with Crippen LogP contribution >= 0.6 is 0 Å². The number of carbonyl (C=O) groups is 2. The lowest BCUT2D eigenvalue weighted by Gasteiger charge is -2.36. The summed E-state index contributed by atoms with van der Waals surface area (Å²) >= 11 is 0. The fourth-order valence-corrected chi connectivity index (χ4v) is 4.17. The Hall–Kier alpha value is -2.68. The Morgan fingerprint density at radius 1 is 1.00 bits per heavy atom. The average molecular weight is 516 g/mol. The van der Waals surface area contributed by atoms with Crippen LogP contribution in [0.15, 0.2) is 42.5 Å². The number of nitrogens with zero attached hydrogens (tertiary/aromatic N) is 1. The van der Waals surface area contributed by atoms with Crippen molar-refractivity contribution in [1.82, 2.24) is 10.2 Å². The van der Waals surface area contributed by atoms with Crippen LogP contribution in [0.25, 0.3) is 10.8 Å². The van der Waals surface area contributed by atoms with Crippen molar-refractivity contribution in [3.63, 3.8) is 0 Å². The molecule has 0 bridgehead atoms. The lowest BCUT2D eigenvalue weighted by atomic mass is 10.0. The molecule has 2 aromatic carbocycles. The highest BCUT2D eigenvalue weighted by Gasteiger charge is 2.31. The zero-order chi connectivity index (χ0) is 27.4. The third-order valence-corrected chi connectivity index (χ3v) is 5.98. The summed E-state index contributed by atoms with van der Waals surface area (Å²) in [5, 5.41) is 4.96. The van der Waals surface area contributed by atoms with Gasteiger partial charge in [-0.1, -0.05) is 42.5 Å². The van der Waals surface area contributed by atoms with Gasteiger partial charge < -0.3 is 30.2 Å². The molecule has 2 amide bonds. The number of hydrogen-bond donors (Lipinski definition) is 2. The number of nitrogens with two attached hydrogens (primary N) is 1. The minimum atomic E-state index is -0.678. The van der Waals surface area contributed by atoms with Gasteiger partial charge in [-0.25, -0.2) is 4.79 Å². The van der Waals surface area contributed by atoms with E-state index in [9.17, 15) is 9.59 Å². The Morgan fingerprint density at radius 2 is 1.65 bits per heavy atom. The standard InChI is InChI=1S/C29H45N3O5/c1-7-35-27(36-8-2)21(3)32(20-23-16-13-15-22-14-9-10-17-24(22)23)26(33)25(30)18-11-12-19-31-28(34)37-29(4,5)6/h9-10,13-17,21,25,27H,7-8,11-12,18-20,30H2,1-6H3,(H,31,34)/t21-,25+/m1/s1. The number of fused-ring (bicyclic) bond motifs is 1. The Balaban J connectivity index is 2.10. The fourth-order valence-electron chi connectivity index (χ4n) is 4.17. The first-order chi connectivity index (χ1) is 17.6. The van der Waals surface area contributed by atoms with Crippen molar-refractivity contribution in [1.29, 1.82) is 0 Å². The molecular weight excluding hydrogens is 470 g/mol. The number of benzene rings is 2. The molecule has 0 heterocycles. The molecule has 2 atom stereocenters. The molecule has 2 rings (SSSR count). The van der Waals surface area contributed by atoms with E-state index in [1.54, 1.807) is 4.90 Å². The molecule has 0 aliphatic carbocycles. The van der Waals surface area contributed by atoms with Gasteiger partial charge >= 0.3 is 6.09 Å². The van der Waals surface area contributed by atoms with Gasteiger partial charge in [0.05, 0.1) is 12.1 Å². The van der Waals surface area contributed by atoms with Crippen molar-refractivity contribution in [2.75, 3.05) is 19.8 Å². The molecule has 0 saturated carbocycles. The van der Waals surface area contributed by atoms with Crippen LogP contribution in [-0.2, 0) is 25.5 Å². The number of hydrogen-bond acceptors (Lipinski definition) is 6. The van der Waals surface area contributed by atoms with Crippen LogP contribution in [-0.4, -0.2) is 60.6 Å². The number of amides is 2. The van der Waals surface area contributed by atoms with E-state index in [-0.39, 0.29) is 11.9 Å². The SMILES string of the molecule is CCOC(OCC)[C@@H](C)N(Cc1cccc2ccccc12)C(=O)[C@@H](N)CCCCNC(=O)OC(C)(C)C. The summed E-state index contributed by atoms with van der Waals surface area (Å²) in [6.45, 7) is 13.0. The number of nitrogens with one attached hydrogen (secondary N) is 1. The van der Waals surface area contributed by atoms with Gasteiger partial charge in [0, 0.05) is 26.3 Å².